The molecule has 5 rings (SSSR count). The molecule has 5 aliphatic rings. The van der Waals surface area contributed by atoms with Crippen molar-refractivity contribution in [3.05, 3.63) is 12.2 Å². The van der Waals surface area contributed by atoms with E-state index in [9.17, 15) is 19.5 Å². The van der Waals surface area contributed by atoms with Gasteiger partial charge in [0.05, 0.1) is 18.6 Å². The minimum absolute atomic E-state index is 0.0136. The van der Waals surface area contributed by atoms with Gasteiger partial charge in [0.1, 0.15) is 6.04 Å². The Morgan fingerprint density at radius 3 is 2.13 bits per heavy atom. The van der Waals surface area contributed by atoms with Crippen LogP contribution < -0.4 is 10.6 Å². The van der Waals surface area contributed by atoms with Crippen molar-refractivity contribution in [3.63, 3.8) is 0 Å². The number of nitrogens with one attached hydrogen (secondary N) is 2. The highest BCUT2D eigenvalue weighted by Crippen LogP contribution is 2.77. The molecule has 0 unspecified atom stereocenters. The number of aliphatic hydroxyl groups is 1. The second-order valence-electron chi connectivity index (χ2n) is 20.2. The number of ether oxygens (including phenoxy) is 1. The van der Waals surface area contributed by atoms with Gasteiger partial charge >= 0.3 is 5.97 Å². The van der Waals surface area contributed by atoms with E-state index in [1.54, 1.807) is 0 Å². The van der Waals surface area contributed by atoms with Gasteiger partial charge in [-0.05, 0) is 141 Å². The SMILES string of the molecule is C=C(C)[C@@H]1CC[C@]2(C(=O)NCCCCCCCCC(=O)N[C@H](C(=O)OC)C(C)C)CC[C@]3(C)[C@H](CC[C@@H]4[C@@]5(C)CC[C@H](O)C(C)(C)[C@@H]5CC[C@]43C)[C@@H]12. The monoisotopic (exact) mass is 725 g/mol. The lowest BCUT2D eigenvalue weighted by atomic mass is 9.32. The number of fused-ring (bicyclic) bond motifs is 7. The van der Waals surface area contributed by atoms with Crippen LogP contribution in [-0.2, 0) is 19.1 Å². The van der Waals surface area contributed by atoms with Crippen LogP contribution in [0.4, 0.5) is 0 Å². The third kappa shape index (κ3) is 7.04. The topological polar surface area (TPSA) is 105 Å². The Morgan fingerprint density at radius 1 is 0.808 bits per heavy atom. The summed E-state index contributed by atoms with van der Waals surface area (Å²) in [5, 5.41) is 17.4. The maximum atomic E-state index is 14.4. The summed E-state index contributed by atoms with van der Waals surface area (Å²) >= 11 is 0. The molecule has 3 N–H and O–H groups in total. The fourth-order valence-electron chi connectivity index (χ4n) is 13.9. The fourth-order valence-corrected chi connectivity index (χ4v) is 13.9. The summed E-state index contributed by atoms with van der Waals surface area (Å²) < 4.78 is 4.83. The lowest BCUT2D eigenvalue weighted by Gasteiger charge is -2.72. The molecule has 0 aromatic carbocycles. The molecule has 0 aliphatic heterocycles. The summed E-state index contributed by atoms with van der Waals surface area (Å²) in [6.07, 6.45) is 17.4. The molecule has 0 aromatic rings. The van der Waals surface area contributed by atoms with E-state index in [0.717, 1.165) is 83.6 Å². The van der Waals surface area contributed by atoms with Gasteiger partial charge in [-0.15, -0.1) is 0 Å². The summed E-state index contributed by atoms with van der Waals surface area (Å²) in [6, 6.07) is -0.593. The summed E-state index contributed by atoms with van der Waals surface area (Å²) in [7, 11) is 1.35. The lowest BCUT2D eigenvalue weighted by Crippen LogP contribution is -2.67. The molecule has 7 nitrogen and oxygen atoms in total. The molecule has 0 radical (unpaired) electrons. The van der Waals surface area contributed by atoms with Crippen LogP contribution in [0.5, 0.6) is 0 Å². The molecule has 11 atom stereocenters. The van der Waals surface area contributed by atoms with Crippen molar-refractivity contribution in [1.82, 2.24) is 10.6 Å². The molecule has 7 heteroatoms. The van der Waals surface area contributed by atoms with Crippen LogP contribution in [0.2, 0.25) is 0 Å². The van der Waals surface area contributed by atoms with Gasteiger partial charge in [0, 0.05) is 13.0 Å². The van der Waals surface area contributed by atoms with Crippen molar-refractivity contribution in [2.24, 2.45) is 62.6 Å². The summed E-state index contributed by atoms with van der Waals surface area (Å²) in [4.78, 5) is 38.8. The molecule has 5 saturated carbocycles. The number of amides is 2. The third-order valence-electron chi connectivity index (χ3n) is 17.1. The molecule has 5 aliphatic carbocycles. The largest absolute Gasteiger partial charge is 0.467 e. The van der Waals surface area contributed by atoms with Crippen LogP contribution >= 0.6 is 0 Å². The van der Waals surface area contributed by atoms with E-state index in [0.29, 0.717) is 41.9 Å². The Labute approximate surface area is 317 Å². The zero-order valence-electron chi connectivity index (χ0n) is 34.6. The zero-order valence-corrected chi connectivity index (χ0v) is 34.6. The van der Waals surface area contributed by atoms with E-state index in [1.165, 1.54) is 38.4 Å². The standard InChI is InChI=1S/C45H76N2O5/c1-29(2)31-20-25-45(40(51)46-28-16-14-12-11-13-15-17-36(49)47-38(30(3)4)39(50)52-10)27-26-43(8)32(37(31)45)18-19-34-42(7)23-22-35(48)41(5,6)33(42)21-24-44(34,43)9/h30-35,37-38,48H,1,11-28H2,2-10H3,(H,46,51)(H,47,49)/t31-,32+,33-,34+,35-,37+,38-,42-,43+,44+,45-/m0/s1. The first kappa shape index (κ1) is 41.3. The number of hydrogen-bond acceptors (Lipinski definition) is 5. The van der Waals surface area contributed by atoms with E-state index in [4.69, 9.17) is 4.74 Å². The molecule has 2 amide bonds. The van der Waals surface area contributed by atoms with E-state index in [2.05, 4.69) is 58.8 Å². The van der Waals surface area contributed by atoms with Crippen LogP contribution in [0.25, 0.3) is 0 Å². The quantitative estimate of drug-likeness (QED) is 0.0942. The highest BCUT2D eigenvalue weighted by atomic mass is 16.5. The Balaban J connectivity index is 1.15. The molecule has 0 bridgehead atoms. The van der Waals surface area contributed by atoms with Crippen LogP contribution in [0.1, 0.15) is 165 Å². The Hall–Kier alpha value is -1.89. The average Bonchev–Trinajstić information content (AvgIpc) is 3.49. The molecular formula is C45H76N2O5. The van der Waals surface area contributed by atoms with Gasteiger partial charge in [-0.25, -0.2) is 4.79 Å². The first-order valence-electron chi connectivity index (χ1n) is 21.4. The van der Waals surface area contributed by atoms with Crippen molar-refractivity contribution in [3.8, 4) is 0 Å². The summed E-state index contributed by atoms with van der Waals surface area (Å²) in [5.41, 5.74) is 1.67. The number of allylic oxidation sites excluding steroid dienone is 1. The van der Waals surface area contributed by atoms with Crippen LogP contribution in [-0.4, -0.2) is 48.7 Å². The van der Waals surface area contributed by atoms with Crippen LogP contribution in [0.3, 0.4) is 0 Å². The van der Waals surface area contributed by atoms with Gasteiger partial charge in [-0.1, -0.05) is 86.3 Å². The van der Waals surface area contributed by atoms with Gasteiger partial charge in [0.25, 0.3) is 0 Å². The number of carbonyl (C=O) groups is 3. The smallest absolute Gasteiger partial charge is 0.328 e. The molecule has 0 spiro atoms. The summed E-state index contributed by atoms with van der Waals surface area (Å²) in [6.45, 7) is 23.9. The number of unbranched alkanes of at least 4 members (excludes halogenated alkanes) is 5. The highest BCUT2D eigenvalue weighted by molar-refractivity contribution is 5.85. The summed E-state index contributed by atoms with van der Waals surface area (Å²) in [5.74, 6) is 2.38. The lowest BCUT2D eigenvalue weighted by molar-refractivity contribution is -0.246. The van der Waals surface area contributed by atoms with Gasteiger partial charge in [-0.2, -0.15) is 0 Å². The van der Waals surface area contributed by atoms with E-state index in [-0.39, 0.29) is 45.0 Å². The average molecular weight is 725 g/mol. The third-order valence-corrected chi connectivity index (χ3v) is 17.1. The number of rotatable bonds is 14. The number of aliphatic hydroxyl groups excluding tert-OH is 1. The van der Waals surface area contributed by atoms with Crippen molar-refractivity contribution < 1.29 is 24.2 Å². The molecule has 0 heterocycles. The predicted molar refractivity (Wildman–Crippen MR) is 209 cm³/mol. The van der Waals surface area contributed by atoms with Gasteiger partial charge in [0.2, 0.25) is 11.8 Å². The fraction of sp³-hybridized carbons (Fsp3) is 0.889. The highest BCUT2D eigenvalue weighted by Gasteiger charge is 2.71. The number of carbonyl (C=O) groups excluding carboxylic acids is 3. The van der Waals surface area contributed by atoms with Gasteiger partial charge in [-0.3, -0.25) is 9.59 Å². The Kier molecular flexibility index (Phi) is 12.5. The molecule has 0 saturated heterocycles. The Morgan fingerprint density at radius 2 is 1.48 bits per heavy atom. The number of hydrogen-bond donors (Lipinski definition) is 3. The molecular weight excluding hydrogens is 649 g/mol. The van der Waals surface area contributed by atoms with Crippen molar-refractivity contribution in [1.29, 1.82) is 0 Å². The Bertz CT molecular complexity index is 1330. The first-order valence-corrected chi connectivity index (χ1v) is 21.4. The molecule has 296 valence electrons. The molecule has 52 heavy (non-hydrogen) atoms. The predicted octanol–water partition coefficient (Wildman–Crippen LogP) is 9.17. The normalized spacial score (nSPS) is 39.7. The van der Waals surface area contributed by atoms with Crippen molar-refractivity contribution >= 4 is 17.8 Å². The van der Waals surface area contributed by atoms with Crippen molar-refractivity contribution in [2.45, 2.75) is 177 Å². The maximum absolute atomic E-state index is 14.4. The number of methoxy groups -OCH3 is 1. The minimum Gasteiger partial charge on any atom is -0.467 e. The van der Waals surface area contributed by atoms with Gasteiger partial charge < -0.3 is 20.5 Å². The van der Waals surface area contributed by atoms with Crippen molar-refractivity contribution in [2.75, 3.05) is 13.7 Å². The number of esters is 1. The minimum atomic E-state index is -0.593. The first-order chi connectivity index (χ1) is 24.4. The molecule has 0 aromatic heterocycles. The van der Waals surface area contributed by atoms with E-state index in [1.807, 2.05) is 13.8 Å². The van der Waals surface area contributed by atoms with E-state index < -0.39 is 12.0 Å². The molecule has 5 fully saturated rings. The van der Waals surface area contributed by atoms with Gasteiger partial charge in [0.15, 0.2) is 0 Å². The van der Waals surface area contributed by atoms with E-state index >= 15 is 0 Å². The zero-order chi connectivity index (χ0) is 38.3. The second-order valence-corrected chi connectivity index (χ2v) is 20.2. The second kappa shape index (κ2) is 15.7. The van der Waals surface area contributed by atoms with Crippen LogP contribution in [0, 0.1) is 62.6 Å². The van der Waals surface area contributed by atoms with Crippen LogP contribution in [0.15, 0.2) is 12.2 Å². The maximum Gasteiger partial charge on any atom is 0.328 e.